The van der Waals surface area contributed by atoms with Crippen molar-refractivity contribution in [2.45, 2.75) is 34.6 Å². The van der Waals surface area contributed by atoms with Crippen LogP contribution >= 0.6 is 0 Å². The Morgan fingerprint density at radius 1 is 0.943 bits per heavy atom. The highest BCUT2D eigenvalue weighted by atomic mass is 16.4. The molecular weight excluding hydrogens is 446 g/mol. The first-order chi connectivity index (χ1) is 16.5. The summed E-state index contributed by atoms with van der Waals surface area (Å²) in [4.78, 5) is 51.1. The van der Waals surface area contributed by atoms with Crippen LogP contribution in [0.3, 0.4) is 0 Å². The van der Waals surface area contributed by atoms with Crippen molar-refractivity contribution in [3.05, 3.63) is 87.2 Å². The van der Waals surface area contributed by atoms with Gasteiger partial charge >= 0.3 is 12.0 Å². The number of aromatic carboxylic acids is 1. The molecule has 1 fully saturated rings. The van der Waals surface area contributed by atoms with Crippen LogP contribution in [0.25, 0.3) is 11.8 Å². The third kappa shape index (κ3) is 4.14. The van der Waals surface area contributed by atoms with Crippen molar-refractivity contribution in [3.63, 3.8) is 0 Å². The van der Waals surface area contributed by atoms with Crippen LogP contribution in [0.15, 0.2) is 48.0 Å². The number of aryl methyl sites for hydroxylation is 3. The van der Waals surface area contributed by atoms with E-state index in [0.29, 0.717) is 22.5 Å². The second-order valence-corrected chi connectivity index (χ2v) is 8.72. The zero-order chi connectivity index (χ0) is 25.6. The summed E-state index contributed by atoms with van der Waals surface area (Å²) in [6.07, 6.45) is 1.47. The lowest BCUT2D eigenvalue weighted by molar-refractivity contribution is -0.122. The van der Waals surface area contributed by atoms with Gasteiger partial charge in [0.1, 0.15) is 5.57 Å². The summed E-state index contributed by atoms with van der Waals surface area (Å²) in [6, 6.07) is 11.4. The topological polar surface area (TPSA) is 109 Å². The fourth-order valence-electron chi connectivity index (χ4n) is 4.53. The normalized spacial score (nSPS) is 15.1. The van der Waals surface area contributed by atoms with Crippen LogP contribution in [-0.4, -0.2) is 33.5 Å². The molecule has 4 amide bonds. The van der Waals surface area contributed by atoms with Gasteiger partial charge in [0.15, 0.2) is 0 Å². The Bertz CT molecular complexity index is 1440. The highest BCUT2D eigenvalue weighted by molar-refractivity contribution is 6.39. The van der Waals surface area contributed by atoms with Crippen molar-refractivity contribution in [2.75, 3.05) is 4.90 Å². The molecule has 178 valence electrons. The molecule has 0 atom stereocenters. The Morgan fingerprint density at radius 2 is 1.60 bits per heavy atom. The maximum Gasteiger partial charge on any atom is 0.336 e. The second-order valence-electron chi connectivity index (χ2n) is 8.72. The van der Waals surface area contributed by atoms with Crippen LogP contribution in [-0.2, 0) is 9.59 Å². The quantitative estimate of drug-likeness (QED) is 0.434. The number of hydrogen-bond donors (Lipinski definition) is 2. The van der Waals surface area contributed by atoms with E-state index in [9.17, 15) is 24.3 Å². The molecule has 8 heteroatoms. The first-order valence-electron chi connectivity index (χ1n) is 11.0. The van der Waals surface area contributed by atoms with Crippen molar-refractivity contribution in [1.29, 1.82) is 0 Å². The number of imide groups is 2. The number of barbiturate groups is 1. The largest absolute Gasteiger partial charge is 0.478 e. The van der Waals surface area contributed by atoms with Gasteiger partial charge in [-0.1, -0.05) is 12.1 Å². The molecule has 2 N–H and O–H groups in total. The first-order valence-corrected chi connectivity index (χ1v) is 11.0. The van der Waals surface area contributed by atoms with Gasteiger partial charge in [0.25, 0.3) is 11.8 Å². The lowest BCUT2D eigenvalue weighted by Crippen LogP contribution is -2.54. The molecule has 1 aliphatic heterocycles. The predicted molar refractivity (Wildman–Crippen MR) is 132 cm³/mol. The van der Waals surface area contributed by atoms with E-state index in [4.69, 9.17) is 0 Å². The maximum atomic E-state index is 13.3. The number of carboxylic acids is 1. The van der Waals surface area contributed by atoms with Crippen molar-refractivity contribution in [1.82, 2.24) is 9.88 Å². The minimum atomic E-state index is -1.02. The molecule has 35 heavy (non-hydrogen) atoms. The molecule has 0 aliphatic carbocycles. The number of rotatable bonds is 4. The second kappa shape index (κ2) is 8.72. The molecule has 1 aliphatic rings. The van der Waals surface area contributed by atoms with Crippen molar-refractivity contribution in [3.8, 4) is 5.69 Å². The van der Waals surface area contributed by atoms with Crippen LogP contribution in [0, 0.1) is 34.6 Å². The van der Waals surface area contributed by atoms with Crippen molar-refractivity contribution in [2.24, 2.45) is 0 Å². The highest BCUT2D eigenvalue weighted by Gasteiger charge is 2.37. The third-order valence-electron chi connectivity index (χ3n) is 6.11. The Labute approximate surface area is 202 Å². The fourth-order valence-corrected chi connectivity index (χ4v) is 4.53. The number of anilines is 1. The van der Waals surface area contributed by atoms with Crippen LogP contribution in [0.5, 0.6) is 0 Å². The lowest BCUT2D eigenvalue weighted by atomic mass is 10.1. The van der Waals surface area contributed by atoms with Gasteiger partial charge in [-0.25, -0.2) is 14.5 Å². The Hall–Kier alpha value is -4.46. The Kier molecular flexibility index (Phi) is 5.90. The third-order valence-corrected chi connectivity index (χ3v) is 6.11. The van der Waals surface area contributed by atoms with Crippen LogP contribution in [0.1, 0.15) is 44.0 Å². The molecule has 0 saturated carbocycles. The monoisotopic (exact) mass is 471 g/mol. The van der Waals surface area contributed by atoms with E-state index in [2.05, 4.69) is 5.32 Å². The minimum absolute atomic E-state index is 0.167. The summed E-state index contributed by atoms with van der Waals surface area (Å²) in [5.74, 6) is -2.50. The summed E-state index contributed by atoms with van der Waals surface area (Å²) < 4.78 is 1.88. The molecule has 1 aromatic heterocycles. The Morgan fingerprint density at radius 3 is 2.23 bits per heavy atom. The zero-order valence-corrected chi connectivity index (χ0v) is 20.1. The average molecular weight is 472 g/mol. The molecule has 1 saturated heterocycles. The van der Waals surface area contributed by atoms with Crippen molar-refractivity contribution >= 4 is 35.6 Å². The summed E-state index contributed by atoms with van der Waals surface area (Å²) in [5, 5.41) is 11.8. The number of nitrogens with zero attached hydrogens (tertiary/aromatic N) is 2. The number of hydrogen-bond acceptors (Lipinski definition) is 4. The molecular formula is C27H25N3O5. The van der Waals surface area contributed by atoms with Gasteiger partial charge in [0, 0.05) is 17.1 Å². The first kappa shape index (κ1) is 23.7. The van der Waals surface area contributed by atoms with E-state index in [0.717, 1.165) is 27.4 Å². The van der Waals surface area contributed by atoms with Gasteiger partial charge in [0.2, 0.25) is 0 Å². The standard InChI is InChI=1S/C27H25N3O5/c1-14-9-15(2)11-20(10-14)30-25(32)22(24(31)28-27(30)35)13-19-12-16(3)29(18(19)5)23-8-6-7-21(17(23)4)26(33)34/h6-13H,1-5H3,(H,33,34)(H,28,31,35)/b22-13+. The molecule has 2 aromatic carbocycles. The van der Waals surface area contributed by atoms with Gasteiger partial charge < -0.3 is 9.67 Å². The molecule has 8 nitrogen and oxygen atoms in total. The number of benzene rings is 2. The van der Waals surface area contributed by atoms with Gasteiger partial charge in [0.05, 0.1) is 11.3 Å². The van der Waals surface area contributed by atoms with E-state index in [1.165, 1.54) is 6.08 Å². The number of urea groups is 1. The summed E-state index contributed by atoms with van der Waals surface area (Å²) in [5.41, 5.74) is 5.58. The van der Waals surface area contributed by atoms with E-state index < -0.39 is 23.8 Å². The Balaban J connectivity index is 1.80. The number of amides is 4. The van der Waals surface area contributed by atoms with Gasteiger partial charge in [-0.3, -0.25) is 14.9 Å². The summed E-state index contributed by atoms with van der Waals surface area (Å²) >= 11 is 0. The predicted octanol–water partition coefficient (Wildman–Crippen LogP) is 4.38. The molecule has 2 heterocycles. The minimum Gasteiger partial charge on any atom is -0.478 e. The fraction of sp³-hybridized carbons (Fsp3) is 0.185. The van der Waals surface area contributed by atoms with Crippen LogP contribution in [0.2, 0.25) is 0 Å². The average Bonchev–Trinajstić information content (AvgIpc) is 3.03. The molecule has 0 spiro atoms. The van der Waals surface area contributed by atoms with E-state index >= 15 is 0 Å². The maximum absolute atomic E-state index is 13.3. The molecule has 0 bridgehead atoms. The SMILES string of the molecule is Cc1cc(C)cc(N2C(=O)NC(=O)/C(=C\c3cc(C)n(-c4cccc(C(=O)O)c4C)c3C)C2=O)c1. The smallest absolute Gasteiger partial charge is 0.336 e. The number of carbonyl (C=O) groups excluding carboxylic acids is 3. The number of nitrogens with one attached hydrogen (secondary N) is 1. The van der Waals surface area contributed by atoms with E-state index in [1.807, 2.05) is 50.5 Å². The molecule has 0 unspecified atom stereocenters. The van der Waals surface area contributed by atoms with Gasteiger partial charge in [-0.15, -0.1) is 0 Å². The van der Waals surface area contributed by atoms with Crippen LogP contribution in [0.4, 0.5) is 10.5 Å². The lowest BCUT2D eigenvalue weighted by Gasteiger charge is -2.27. The van der Waals surface area contributed by atoms with Crippen LogP contribution < -0.4 is 10.2 Å². The highest BCUT2D eigenvalue weighted by Crippen LogP contribution is 2.28. The summed E-state index contributed by atoms with van der Waals surface area (Å²) in [7, 11) is 0. The van der Waals surface area contributed by atoms with Crippen molar-refractivity contribution < 1.29 is 24.3 Å². The summed E-state index contributed by atoms with van der Waals surface area (Å²) in [6.45, 7) is 9.14. The molecule has 3 aromatic rings. The van der Waals surface area contributed by atoms with Gasteiger partial charge in [-0.05, 0) is 93.3 Å². The number of carboxylic acid groups (broad SMARTS) is 1. The van der Waals surface area contributed by atoms with Gasteiger partial charge in [-0.2, -0.15) is 0 Å². The number of carbonyl (C=O) groups is 4. The van der Waals surface area contributed by atoms with E-state index in [-0.39, 0.29) is 11.1 Å². The zero-order valence-electron chi connectivity index (χ0n) is 20.1. The molecule has 0 radical (unpaired) electrons. The molecule has 4 rings (SSSR count). The number of aromatic nitrogens is 1. The van der Waals surface area contributed by atoms with E-state index in [1.54, 1.807) is 31.2 Å².